The highest BCUT2D eigenvalue weighted by atomic mass is 16.4. The Labute approximate surface area is 130 Å². The van der Waals surface area contributed by atoms with E-state index in [0.717, 1.165) is 38.8 Å². The number of carbonyl (C=O) groups is 1. The third-order valence-electron chi connectivity index (χ3n) is 4.87. The van der Waals surface area contributed by atoms with Gasteiger partial charge >= 0.3 is 5.97 Å². The fourth-order valence-corrected chi connectivity index (χ4v) is 3.56. The molecule has 124 valence electrons. The summed E-state index contributed by atoms with van der Waals surface area (Å²) in [6, 6.07) is 0.588. The van der Waals surface area contributed by atoms with Crippen LogP contribution in [0, 0.1) is 5.92 Å². The monoisotopic (exact) mass is 298 g/mol. The van der Waals surface area contributed by atoms with Crippen LogP contribution in [0.15, 0.2) is 0 Å². The van der Waals surface area contributed by atoms with Crippen LogP contribution in [-0.4, -0.2) is 46.7 Å². The molecule has 0 saturated heterocycles. The molecule has 4 nitrogen and oxygen atoms in total. The van der Waals surface area contributed by atoms with Gasteiger partial charge in [-0.1, -0.05) is 27.2 Å². The number of carboxylic acids is 1. The molecule has 1 saturated carbocycles. The molecule has 2 N–H and O–H groups in total. The molecular formula is C17H34N2O2. The van der Waals surface area contributed by atoms with E-state index in [1.165, 1.54) is 6.42 Å². The second-order valence-electron chi connectivity index (χ2n) is 7.04. The van der Waals surface area contributed by atoms with Crippen molar-refractivity contribution in [3.05, 3.63) is 0 Å². The van der Waals surface area contributed by atoms with Crippen molar-refractivity contribution >= 4 is 5.97 Å². The SMILES string of the molecule is CCC(C)CN(CC)C1CCCC(NC(C)C)(C(=O)O)C1. The summed E-state index contributed by atoms with van der Waals surface area (Å²) in [4.78, 5) is 14.4. The summed E-state index contributed by atoms with van der Waals surface area (Å²) in [6.45, 7) is 12.8. The zero-order valence-corrected chi connectivity index (χ0v) is 14.5. The Balaban J connectivity index is 2.82. The van der Waals surface area contributed by atoms with Crippen molar-refractivity contribution in [3.63, 3.8) is 0 Å². The van der Waals surface area contributed by atoms with Gasteiger partial charge in [-0.15, -0.1) is 0 Å². The van der Waals surface area contributed by atoms with Gasteiger partial charge in [-0.2, -0.15) is 0 Å². The number of aliphatic carboxylic acids is 1. The number of nitrogens with zero attached hydrogens (tertiary/aromatic N) is 1. The fraction of sp³-hybridized carbons (Fsp3) is 0.941. The molecule has 0 aromatic rings. The lowest BCUT2D eigenvalue weighted by Gasteiger charge is -2.44. The summed E-state index contributed by atoms with van der Waals surface area (Å²) in [5, 5.41) is 13.1. The lowest BCUT2D eigenvalue weighted by atomic mass is 9.77. The predicted octanol–water partition coefficient (Wildman–Crippen LogP) is 3.12. The number of hydrogen-bond acceptors (Lipinski definition) is 3. The molecule has 0 radical (unpaired) electrons. The second-order valence-corrected chi connectivity index (χ2v) is 7.04. The average molecular weight is 298 g/mol. The third-order valence-corrected chi connectivity index (χ3v) is 4.87. The van der Waals surface area contributed by atoms with Crippen molar-refractivity contribution < 1.29 is 9.90 Å². The molecule has 0 heterocycles. The van der Waals surface area contributed by atoms with Gasteiger partial charge in [0, 0.05) is 18.6 Å². The van der Waals surface area contributed by atoms with E-state index in [-0.39, 0.29) is 6.04 Å². The minimum absolute atomic E-state index is 0.199. The smallest absolute Gasteiger partial charge is 0.323 e. The first-order valence-electron chi connectivity index (χ1n) is 8.59. The van der Waals surface area contributed by atoms with Gasteiger partial charge in [0.05, 0.1) is 0 Å². The van der Waals surface area contributed by atoms with Gasteiger partial charge in [-0.25, -0.2) is 0 Å². The van der Waals surface area contributed by atoms with Crippen molar-refractivity contribution in [2.45, 2.75) is 84.3 Å². The van der Waals surface area contributed by atoms with Crippen LogP contribution in [0.1, 0.15) is 66.7 Å². The van der Waals surface area contributed by atoms with Gasteiger partial charge in [-0.05, 0) is 52.0 Å². The van der Waals surface area contributed by atoms with Crippen molar-refractivity contribution in [2.24, 2.45) is 5.92 Å². The van der Waals surface area contributed by atoms with Crippen LogP contribution in [0.25, 0.3) is 0 Å². The van der Waals surface area contributed by atoms with Crippen molar-refractivity contribution in [3.8, 4) is 0 Å². The molecule has 1 rings (SSSR count). The molecule has 0 spiro atoms. The lowest BCUT2D eigenvalue weighted by Crippen LogP contribution is -2.60. The highest BCUT2D eigenvalue weighted by Gasteiger charge is 2.44. The van der Waals surface area contributed by atoms with E-state index in [9.17, 15) is 9.90 Å². The maximum atomic E-state index is 11.9. The molecular weight excluding hydrogens is 264 g/mol. The Hall–Kier alpha value is -0.610. The van der Waals surface area contributed by atoms with Crippen LogP contribution in [-0.2, 0) is 4.79 Å². The van der Waals surface area contributed by atoms with E-state index in [0.29, 0.717) is 12.0 Å². The first-order chi connectivity index (χ1) is 9.84. The summed E-state index contributed by atoms with van der Waals surface area (Å²) in [5.41, 5.74) is -0.736. The van der Waals surface area contributed by atoms with E-state index in [1.54, 1.807) is 0 Å². The molecule has 21 heavy (non-hydrogen) atoms. The van der Waals surface area contributed by atoms with E-state index in [4.69, 9.17) is 0 Å². The van der Waals surface area contributed by atoms with Crippen molar-refractivity contribution in [1.82, 2.24) is 10.2 Å². The normalized spacial score (nSPS) is 28.0. The first kappa shape index (κ1) is 18.4. The van der Waals surface area contributed by atoms with E-state index in [2.05, 4.69) is 31.0 Å². The molecule has 4 heteroatoms. The van der Waals surface area contributed by atoms with E-state index in [1.807, 2.05) is 13.8 Å². The van der Waals surface area contributed by atoms with Crippen LogP contribution in [0.3, 0.4) is 0 Å². The summed E-state index contributed by atoms with van der Waals surface area (Å²) in [5.74, 6) is -0.00958. The maximum absolute atomic E-state index is 11.9. The molecule has 1 aliphatic carbocycles. The van der Waals surface area contributed by atoms with Crippen LogP contribution in [0.2, 0.25) is 0 Å². The maximum Gasteiger partial charge on any atom is 0.323 e. The Kier molecular flexibility index (Phi) is 7.14. The van der Waals surface area contributed by atoms with Gasteiger partial charge in [0.1, 0.15) is 5.54 Å². The van der Waals surface area contributed by atoms with E-state index < -0.39 is 11.5 Å². The minimum atomic E-state index is -0.736. The molecule has 0 bridgehead atoms. The summed E-state index contributed by atoms with van der Waals surface area (Å²) in [6.07, 6.45) is 4.77. The van der Waals surface area contributed by atoms with Gasteiger partial charge < -0.3 is 10.0 Å². The summed E-state index contributed by atoms with van der Waals surface area (Å²) in [7, 11) is 0. The number of hydrogen-bond donors (Lipinski definition) is 2. The predicted molar refractivity (Wildman–Crippen MR) is 87.6 cm³/mol. The topological polar surface area (TPSA) is 52.6 Å². The minimum Gasteiger partial charge on any atom is -0.480 e. The van der Waals surface area contributed by atoms with Crippen LogP contribution in [0.4, 0.5) is 0 Å². The van der Waals surface area contributed by atoms with Crippen LogP contribution < -0.4 is 5.32 Å². The molecule has 3 unspecified atom stereocenters. The van der Waals surface area contributed by atoms with E-state index >= 15 is 0 Å². The van der Waals surface area contributed by atoms with Gasteiger partial charge in [0.15, 0.2) is 0 Å². The Morgan fingerprint density at radius 1 is 1.38 bits per heavy atom. The standard InChI is InChI=1S/C17H34N2O2/c1-6-14(5)12-19(7-2)15-9-8-10-17(11-15,16(20)21)18-13(3)4/h13-15,18H,6-12H2,1-5H3,(H,20,21). The highest BCUT2D eigenvalue weighted by molar-refractivity contribution is 5.79. The Bertz CT molecular complexity index is 333. The zero-order chi connectivity index (χ0) is 16.0. The number of rotatable bonds is 8. The fourth-order valence-electron chi connectivity index (χ4n) is 3.56. The molecule has 0 amide bonds. The Morgan fingerprint density at radius 3 is 2.52 bits per heavy atom. The van der Waals surface area contributed by atoms with Gasteiger partial charge in [0.2, 0.25) is 0 Å². The Morgan fingerprint density at radius 2 is 2.05 bits per heavy atom. The zero-order valence-electron chi connectivity index (χ0n) is 14.5. The third kappa shape index (κ3) is 4.96. The highest BCUT2D eigenvalue weighted by Crippen LogP contribution is 2.32. The largest absolute Gasteiger partial charge is 0.480 e. The quantitative estimate of drug-likeness (QED) is 0.723. The molecule has 0 aromatic heterocycles. The van der Waals surface area contributed by atoms with Crippen LogP contribution in [0.5, 0.6) is 0 Å². The molecule has 0 aromatic carbocycles. The summed E-state index contributed by atoms with van der Waals surface area (Å²) >= 11 is 0. The summed E-state index contributed by atoms with van der Waals surface area (Å²) < 4.78 is 0. The molecule has 3 atom stereocenters. The average Bonchev–Trinajstić information content (AvgIpc) is 2.43. The molecule has 1 fully saturated rings. The second kappa shape index (κ2) is 8.14. The van der Waals surface area contributed by atoms with Gasteiger partial charge in [0.25, 0.3) is 0 Å². The number of nitrogens with one attached hydrogen (secondary N) is 1. The molecule has 0 aliphatic heterocycles. The van der Waals surface area contributed by atoms with Crippen molar-refractivity contribution in [1.29, 1.82) is 0 Å². The lowest BCUT2D eigenvalue weighted by molar-refractivity contribution is -0.148. The van der Waals surface area contributed by atoms with Crippen LogP contribution >= 0.6 is 0 Å². The number of carboxylic acid groups (broad SMARTS) is 1. The van der Waals surface area contributed by atoms with Gasteiger partial charge in [-0.3, -0.25) is 10.1 Å². The first-order valence-corrected chi connectivity index (χ1v) is 8.59. The van der Waals surface area contributed by atoms with Crippen molar-refractivity contribution in [2.75, 3.05) is 13.1 Å². The molecule has 1 aliphatic rings.